The summed E-state index contributed by atoms with van der Waals surface area (Å²) < 4.78 is 0. The minimum atomic E-state index is -0.984. The fourth-order valence-electron chi connectivity index (χ4n) is 0.463. The van der Waals surface area contributed by atoms with Crippen LogP contribution in [0, 0.1) is 0 Å². The van der Waals surface area contributed by atoms with Gasteiger partial charge in [0.2, 0.25) is 0 Å². The molecule has 0 unspecified atom stereocenters. The smallest absolute Gasteiger partial charge is 0.172 e. The summed E-state index contributed by atoms with van der Waals surface area (Å²) in [5, 5.41) is 0. The predicted molar refractivity (Wildman–Crippen MR) is 45.6 cm³/mol. The molecule has 0 saturated heterocycles. The number of hydrogen-bond acceptors (Lipinski definition) is 0. The molecule has 8 heavy (non-hydrogen) atoms. The molecule has 48 valence electrons. The zero-order valence-electron chi connectivity index (χ0n) is 5.54. The SMILES string of the molecule is C[Si](C)(C)CB(Cl)Cl. The molecule has 0 aliphatic carbocycles. The van der Waals surface area contributed by atoms with Crippen molar-refractivity contribution in [1.29, 1.82) is 0 Å². The van der Waals surface area contributed by atoms with E-state index < -0.39 is 8.07 Å². The van der Waals surface area contributed by atoms with E-state index in [9.17, 15) is 0 Å². The summed E-state index contributed by atoms with van der Waals surface area (Å²) >= 11 is 11.1. The van der Waals surface area contributed by atoms with Crippen LogP contribution in [0.25, 0.3) is 0 Å². The molecule has 0 spiro atoms. The minimum absolute atomic E-state index is 0.151. The van der Waals surface area contributed by atoms with E-state index in [0.717, 1.165) is 5.94 Å². The number of hydrogen-bond donors (Lipinski definition) is 0. The largest absolute Gasteiger partial charge is 0.349 e. The van der Waals surface area contributed by atoms with Crippen LogP contribution >= 0.6 is 22.9 Å². The average Bonchev–Trinajstić information content (AvgIpc) is 1.21. The van der Waals surface area contributed by atoms with Crippen molar-refractivity contribution in [3.63, 3.8) is 0 Å². The van der Waals surface area contributed by atoms with Gasteiger partial charge < -0.3 is 0 Å². The van der Waals surface area contributed by atoms with Gasteiger partial charge in [0, 0.05) is 8.07 Å². The molecule has 4 heteroatoms. The van der Waals surface area contributed by atoms with Crippen molar-refractivity contribution in [2.45, 2.75) is 25.6 Å². The molecule has 0 aromatic rings. The molecule has 0 heterocycles. The van der Waals surface area contributed by atoms with E-state index in [0.29, 0.717) is 0 Å². The van der Waals surface area contributed by atoms with Gasteiger partial charge >= 0.3 is 5.54 Å². The molecule has 0 aliphatic rings. The zero-order chi connectivity index (χ0) is 6.78. The van der Waals surface area contributed by atoms with E-state index in [1.807, 2.05) is 0 Å². The molecule has 0 amide bonds. The second kappa shape index (κ2) is 3.14. The van der Waals surface area contributed by atoms with Gasteiger partial charge in [-0.25, -0.2) is 0 Å². The van der Waals surface area contributed by atoms with Crippen molar-refractivity contribution in [3.05, 3.63) is 0 Å². The van der Waals surface area contributed by atoms with Crippen LogP contribution < -0.4 is 0 Å². The van der Waals surface area contributed by atoms with Crippen LogP contribution in [0.1, 0.15) is 0 Å². The molecule has 0 fully saturated rings. The summed E-state index contributed by atoms with van der Waals surface area (Å²) in [4.78, 5) is 0. The Bertz CT molecular complexity index is 68.9. The molecule has 0 aromatic carbocycles. The predicted octanol–water partition coefficient (Wildman–Crippen LogP) is 2.83. The Morgan fingerprint density at radius 3 is 1.62 bits per heavy atom. The second-order valence-corrected chi connectivity index (χ2v) is 9.96. The van der Waals surface area contributed by atoms with Crippen LogP contribution in [0.2, 0.25) is 25.6 Å². The molecular weight excluding hydrogens is 158 g/mol. The monoisotopic (exact) mass is 168 g/mol. The van der Waals surface area contributed by atoms with E-state index in [1.54, 1.807) is 0 Å². The lowest BCUT2D eigenvalue weighted by Gasteiger charge is -2.13. The van der Waals surface area contributed by atoms with Crippen molar-refractivity contribution in [2.24, 2.45) is 0 Å². The van der Waals surface area contributed by atoms with Crippen molar-refractivity contribution in [1.82, 2.24) is 0 Å². The lowest BCUT2D eigenvalue weighted by Crippen LogP contribution is -2.23. The van der Waals surface area contributed by atoms with Crippen LogP contribution in [-0.2, 0) is 0 Å². The summed E-state index contributed by atoms with van der Waals surface area (Å²) in [6.45, 7) is 6.76. The Balaban J connectivity index is 3.39. The second-order valence-electron chi connectivity index (χ2n) is 3.16. The molecule has 0 bridgehead atoms. The van der Waals surface area contributed by atoms with Gasteiger partial charge in [-0.3, -0.25) is 0 Å². The van der Waals surface area contributed by atoms with Crippen LogP contribution in [0.15, 0.2) is 0 Å². The number of rotatable bonds is 2. The summed E-state index contributed by atoms with van der Waals surface area (Å²) in [5.41, 5.74) is -0.151. The first-order valence-corrected chi connectivity index (χ1v) is 7.28. The van der Waals surface area contributed by atoms with Gasteiger partial charge in [-0.15, -0.1) is 0 Å². The van der Waals surface area contributed by atoms with Gasteiger partial charge in [0.1, 0.15) is 0 Å². The third-order valence-electron chi connectivity index (χ3n) is 0.767. The third-order valence-corrected chi connectivity index (χ3v) is 3.23. The maximum atomic E-state index is 5.56. The van der Waals surface area contributed by atoms with Crippen LogP contribution in [0.4, 0.5) is 0 Å². The Kier molecular flexibility index (Phi) is 3.48. The van der Waals surface area contributed by atoms with Crippen LogP contribution in [-0.4, -0.2) is 13.6 Å². The molecule has 0 saturated carbocycles. The zero-order valence-corrected chi connectivity index (χ0v) is 8.05. The van der Waals surface area contributed by atoms with E-state index in [2.05, 4.69) is 19.6 Å². The first-order valence-electron chi connectivity index (χ1n) is 2.70. The molecular formula is C4H11BCl2Si. The van der Waals surface area contributed by atoms with Crippen LogP contribution in [0.5, 0.6) is 0 Å². The highest BCUT2D eigenvalue weighted by Gasteiger charge is 2.19. The molecule has 0 nitrogen and oxygen atoms in total. The van der Waals surface area contributed by atoms with Gasteiger partial charge in [-0.2, -0.15) is 22.9 Å². The first kappa shape index (κ1) is 8.86. The van der Waals surface area contributed by atoms with Gasteiger partial charge in [0.05, 0.1) is 0 Å². The lowest BCUT2D eigenvalue weighted by molar-refractivity contribution is 1.64. The Morgan fingerprint density at radius 1 is 1.25 bits per heavy atom. The summed E-state index contributed by atoms with van der Waals surface area (Å²) in [5.74, 6) is 0.996. The Labute approximate surface area is 62.5 Å². The third kappa shape index (κ3) is 6.86. The van der Waals surface area contributed by atoms with E-state index in [1.165, 1.54) is 0 Å². The van der Waals surface area contributed by atoms with Gasteiger partial charge in [-0.05, 0) is 5.94 Å². The molecule has 0 atom stereocenters. The van der Waals surface area contributed by atoms with Crippen molar-refractivity contribution >= 4 is 36.5 Å². The first-order chi connectivity index (χ1) is 3.42. The summed E-state index contributed by atoms with van der Waals surface area (Å²) in [7, 11) is -0.984. The highest BCUT2D eigenvalue weighted by Crippen LogP contribution is 2.14. The highest BCUT2D eigenvalue weighted by atomic mass is 35.5. The molecule has 0 radical (unpaired) electrons. The maximum Gasteiger partial charge on any atom is 0.349 e. The number of halogens is 2. The maximum absolute atomic E-state index is 5.56. The van der Waals surface area contributed by atoms with E-state index in [-0.39, 0.29) is 5.54 Å². The van der Waals surface area contributed by atoms with Crippen LogP contribution in [0.3, 0.4) is 0 Å². The minimum Gasteiger partial charge on any atom is -0.172 e. The Hall–Kier alpha value is 0.862. The van der Waals surface area contributed by atoms with Gasteiger partial charge in [0.15, 0.2) is 0 Å². The summed E-state index contributed by atoms with van der Waals surface area (Å²) in [6, 6.07) is 0. The molecule has 0 N–H and O–H groups in total. The van der Waals surface area contributed by atoms with E-state index in [4.69, 9.17) is 22.9 Å². The van der Waals surface area contributed by atoms with E-state index >= 15 is 0 Å². The Morgan fingerprint density at radius 2 is 1.62 bits per heavy atom. The van der Waals surface area contributed by atoms with Crippen molar-refractivity contribution in [3.8, 4) is 0 Å². The lowest BCUT2D eigenvalue weighted by atomic mass is 10.2. The topological polar surface area (TPSA) is 0 Å². The van der Waals surface area contributed by atoms with Gasteiger partial charge in [0.25, 0.3) is 0 Å². The fraction of sp³-hybridized carbons (Fsp3) is 1.00. The van der Waals surface area contributed by atoms with Crippen molar-refractivity contribution < 1.29 is 0 Å². The van der Waals surface area contributed by atoms with Crippen molar-refractivity contribution in [2.75, 3.05) is 0 Å². The standard InChI is InChI=1S/C4H11BCl2Si/c1-8(2,3)4-5(6)7/h4H2,1-3H3. The quantitative estimate of drug-likeness (QED) is 0.557. The molecule has 0 rings (SSSR count). The van der Waals surface area contributed by atoms with Gasteiger partial charge in [-0.1, -0.05) is 19.6 Å². The average molecular weight is 169 g/mol. The normalized spacial score (nSPS) is 11.6. The molecule has 0 aromatic heterocycles. The highest BCUT2D eigenvalue weighted by molar-refractivity contribution is 7.36. The summed E-state index contributed by atoms with van der Waals surface area (Å²) in [6.07, 6.45) is 0. The fourth-order valence-corrected chi connectivity index (χ4v) is 4.17. The molecule has 0 aliphatic heterocycles.